The summed E-state index contributed by atoms with van der Waals surface area (Å²) < 4.78 is 1.93. The molecule has 1 saturated carbocycles. The Morgan fingerprint density at radius 2 is 2.11 bits per heavy atom. The lowest BCUT2D eigenvalue weighted by Crippen LogP contribution is -2.03. The van der Waals surface area contributed by atoms with Crippen molar-refractivity contribution in [3.63, 3.8) is 0 Å². The van der Waals surface area contributed by atoms with Crippen LogP contribution in [0.3, 0.4) is 0 Å². The van der Waals surface area contributed by atoms with E-state index in [1.54, 1.807) is 18.2 Å². The fraction of sp³-hybridized carbons (Fsp3) is 0.333. The molecule has 1 aromatic carbocycles. The lowest BCUT2D eigenvalue weighted by molar-refractivity contribution is -0.384. The maximum atomic E-state index is 11.1. The molecule has 98 valence electrons. The van der Waals surface area contributed by atoms with Gasteiger partial charge >= 0.3 is 0 Å². The van der Waals surface area contributed by atoms with E-state index in [1.165, 1.54) is 6.07 Å². The molecule has 1 aliphatic carbocycles. The highest BCUT2D eigenvalue weighted by Gasteiger charge is 2.31. The molecular formula is C12H11ClN4O2. The minimum Gasteiger partial charge on any atom is -0.307 e. The summed E-state index contributed by atoms with van der Waals surface area (Å²) in [6.45, 7) is 0. The Hall–Kier alpha value is -1.95. The first-order chi connectivity index (χ1) is 9.22. The minimum absolute atomic E-state index is 0.0397. The molecule has 0 amide bonds. The second kappa shape index (κ2) is 4.62. The normalized spacial score (nSPS) is 14.6. The highest BCUT2D eigenvalue weighted by atomic mass is 35.5. The summed E-state index contributed by atoms with van der Waals surface area (Å²) in [5.74, 6) is 1.45. The molecule has 0 radical (unpaired) electrons. The first kappa shape index (κ1) is 12.1. The molecule has 1 aromatic heterocycles. The van der Waals surface area contributed by atoms with Crippen LogP contribution in [0.4, 0.5) is 5.69 Å². The summed E-state index contributed by atoms with van der Waals surface area (Å²) in [5.41, 5.74) is 0.529. The second-order valence-electron chi connectivity index (χ2n) is 4.45. The molecule has 1 heterocycles. The highest BCUT2D eigenvalue weighted by Crippen LogP contribution is 2.40. The predicted molar refractivity (Wildman–Crippen MR) is 69.9 cm³/mol. The summed E-state index contributed by atoms with van der Waals surface area (Å²) >= 11 is 5.85. The van der Waals surface area contributed by atoms with Crippen LogP contribution in [-0.2, 0) is 5.88 Å². The van der Waals surface area contributed by atoms with Crippen LogP contribution in [0, 0.1) is 10.1 Å². The zero-order valence-electron chi connectivity index (χ0n) is 9.99. The van der Waals surface area contributed by atoms with E-state index in [9.17, 15) is 10.1 Å². The highest BCUT2D eigenvalue weighted by molar-refractivity contribution is 6.16. The van der Waals surface area contributed by atoms with Crippen molar-refractivity contribution < 1.29 is 4.92 Å². The van der Waals surface area contributed by atoms with Crippen LogP contribution in [-0.4, -0.2) is 19.7 Å². The predicted octanol–water partition coefficient (Wildman–Crippen LogP) is 2.93. The lowest BCUT2D eigenvalue weighted by Gasteiger charge is -2.07. The van der Waals surface area contributed by atoms with E-state index in [1.807, 2.05) is 4.57 Å². The monoisotopic (exact) mass is 278 g/mol. The van der Waals surface area contributed by atoms with Gasteiger partial charge in [0.05, 0.1) is 16.4 Å². The maximum Gasteiger partial charge on any atom is 0.280 e. The number of nitro groups is 1. The summed E-state index contributed by atoms with van der Waals surface area (Å²) in [4.78, 5) is 10.7. The molecule has 0 atom stereocenters. The van der Waals surface area contributed by atoms with Gasteiger partial charge in [-0.3, -0.25) is 10.1 Å². The molecule has 0 saturated heterocycles. The van der Waals surface area contributed by atoms with Gasteiger partial charge in [-0.2, -0.15) is 0 Å². The van der Waals surface area contributed by atoms with Gasteiger partial charge in [-0.05, 0) is 18.9 Å². The number of nitrogens with zero attached hydrogens (tertiary/aromatic N) is 4. The SMILES string of the molecule is O=[N+]([O-])c1ccccc1-c1nnc(CCl)n1C1CC1. The van der Waals surface area contributed by atoms with Gasteiger partial charge in [0, 0.05) is 12.1 Å². The van der Waals surface area contributed by atoms with Gasteiger partial charge in [0.25, 0.3) is 5.69 Å². The summed E-state index contributed by atoms with van der Waals surface area (Å²) in [7, 11) is 0. The average molecular weight is 279 g/mol. The Morgan fingerprint density at radius 3 is 2.74 bits per heavy atom. The van der Waals surface area contributed by atoms with E-state index < -0.39 is 4.92 Å². The van der Waals surface area contributed by atoms with Gasteiger partial charge in [0.2, 0.25) is 0 Å². The number of nitro benzene ring substituents is 1. The van der Waals surface area contributed by atoms with Gasteiger partial charge in [-0.25, -0.2) is 0 Å². The van der Waals surface area contributed by atoms with Crippen molar-refractivity contribution in [1.82, 2.24) is 14.8 Å². The Balaban J connectivity index is 2.17. The molecule has 1 aliphatic rings. The number of hydrogen-bond donors (Lipinski definition) is 0. The molecule has 6 nitrogen and oxygen atoms in total. The van der Waals surface area contributed by atoms with Gasteiger partial charge in [-0.15, -0.1) is 21.8 Å². The van der Waals surface area contributed by atoms with Crippen LogP contribution >= 0.6 is 11.6 Å². The van der Waals surface area contributed by atoms with Crippen molar-refractivity contribution in [1.29, 1.82) is 0 Å². The van der Waals surface area contributed by atoms with Crippen LogP contribution in [0.15, 0.2) is 24.3 Å². The fourth-order valence-corrected chi connectivity index (χ4v) is 2.32. The topological polar surface area (TPSA) is 73.8 Å². The number of rotatable bonds is 4. The lowest BCUT2D eigenvalue weighted by atomic mass is 10.1. The number of halogens is 1. The Labute approximate surface area is 114 Å². The van der Waals surface area contributed by atoms with Crippen molar-refractivity contribution in [2.24, 2.45) is 0 Å². The molecule has 2 aromatic rings. The summed E-state index contributed by atoms with van der Waals surface area (Å²) in [6.07, 6.45) is 2.07. The molecule has 0 N–H and O–H groups in total. The number of hydrogen-bond acceptors (Lipinski definition) is 4. The second-order valence-corrected chi connectivity index (χ2v) is 4.72. The molecule has 0 aliphatic heterocycles. The van der Waals surface area contributed by atoms with Crippen LogP contribution in [0.25, 0.3) is 11.4 Å². The Bertz CT molecular complexity index is 636. The molecule has 0 bridgehead atoms. The molecule has 3 rings (SSSR count). The van der Waals surface area contributed by atoms with Crippen LogP contribution in [0.5, 0.6) is 0 Å². The third kappa shape index (κ3) is 2.08. The largest absolute Gasteiger partial charge is 0.307 e. The molecule has 0 unspecified atom stereocenters. The first-order valence-electron chi connectivity index (χ1n) is 5.96. The summed E-state index contributed by atoms with van der Waals surface area (Å²) in [5, 5.41) is 19.2. The van der Waals surface area contributed by atoms with E-state index in [0.717, 1.165) is 12.8 Å². The zero-order valence-corrected chi connectivity index (χ0v) is 10.7. The van der Waals surface area contributed by atoms with E-state index in [2.05, 4.69) is 10.2 Å². The van der Waals surface area contributed by atoms with E-state index in [-0.39, 0.29) is 11.6 Å². The van der Waals surface area contributed by atoms with Crippen molar-refractivity contribution in [2.45, 2.75) is 24.8 Å². The number of alkyl halides is 1. The minimum atomic E-state index is -0.401. The molecule has 7 heteroatoms. The number of benzene rings is 1. The fourth-order valence-electron chi connectivity index (χ4n) is 2.14. The molecule has 1 fully saturated rings. The third-order valence-corrected chi connectivity index (χ3v) is 3.38. The number of para-hydroxylation sites is 1. The van der Waals surface area contributed by atoms with Gasteiger partial charge in [0.1, 0.15) is 5.82 Å². The van der Waals surface area contributed by atoms with Gasteiger partial charge < -0.3 is 4.57 Å². The van der Waals surface area contributed by atoms with Gasteiger partial charge in [-0.1, -0.05) is 12.1 Å². The quantitative estimate of drug-likeness (QED) is 0.489. The van der Waals surface area contributed by atoms with Crippen molar-refractivity contribution in [3.05, 3.63) is 40.2 Å². The van der Waals surface area contributed by atoms with Crippen LogP contribution < -0.4 is 0 Å². The molecule has 19 heavy (non-hydrogen) atoms. The van der Waals surface area contributed by atoms with Crippen LogP contribution in [0.2, 0.25) is 0 Å². The molecule has 0 spiro atoms. The summed E-state index contributed by atoms with van der Waals surface area (Å²) in [6, 6.07) is 6.88. The maximum absolute atomic E-state index is 11.1. The Kier molecular flexibility index (Phi) is 2.94. The average Bonchev–Trinajstić information content (AvgIpc) is 3.17. The Morgan fingerprint density at radius 1 is 1.37 bits per heavy atom. The van der Waals surface area contributed by atoms with E-state index >= 15 is 0 Å². The standard InChI is InChI=1S/C12H11ClN4O2/c13-7-11-14-15-12(16(11)8-5-6-8)9-3-1-2-4-10(9)17(18)19/h1-4,8H,5-7H2. The first-order valence-corrected chi connectivity index (χ1v) is 6.49. The number of aromatic nitrogens is 3. The van der Waals surface area contributed by atoms with Crippen molar-refractivity contribution in [3.8, 4) is 11.4 Å². The molecular weight excluding hydrogens is 268 g/mol. The van der Waals surface area contributed by atoms with Gasteiger partial charge in [0.15, 0.2) is 5.82 Å². The van der Waals surface area contributed by atoms with Crippen LogP contribution in [0.1, 0.15) is 24.7 Å². The smallest absolute Gasteiger partial charge is 0.280 e. The van der Waals surface area contributed by atoms with Crippen molar-refractivity contribution >= 4 is 17.3 Å². The van der Waals surface area contributed by atoms with Crippen molar-refractivity contribution in [2.75, 3.05) is 0 Å². The van der Waals surface area contributed by atoms with E-state index in [0.29, 0.717) is 23.3 Å². The zero-order chi connectivity index (χ0) is 13.4. The van der Waals surface area contributed by atoms with E-state index in [4.69, 9.17) is 11.6 Å². The third-order valence-electron chi connectivity index (χ3n) is 3.14.